The highest BCUT2D eigenvalue weighted by Crippen LogP contribution is 2.27. The van der Waals surface area contributed by atoms with E-state index in [0.29, 0.717) is 18.9 Å². The molecule has 2 N–H and O–H groups in total. The zero-order valence-corrected chi connectivity index (χ0v) is 9.32. The van der Waals surface area contributed by atoms with Crippen molar-refractivity contribution in [2.45, 2.75) is 31.7 Å². The fraction of sp³-hybridized carbons (Fsp3) is 0.818. The molecule has 1 unspecified atom stereocenters. The number of carbonyl (C=O) groups excluding carboxylic acids is 1. The van der Waals surface area contributed by atoms with Crippen molar-refractivity contribution in [3.63, 3.8) is 0 Å². The third-order valence-corrected chi connectivity index (χ3v) is 3.28. The molecule has 0 aromatic rings. The van der Waals surface area contributed by atoms with E-state index in [0.717, 1.165) is 13.0 Å². The molecule has 0 aromatic heterocycles. The fourth-order valence-corrected chi connectivity index (χ4v) is 2.12. The number of hydrogen-bond acceptors (Lipinski definition) is 3. The molecule has 2 rings (SSSR count). The summed E-state index contributed by atoms with van der Waals surface area (Å²) in [7, 11) is 0. The number of likely N-dealkylation sites (tertiary alicyclic amines) is 1. The maximum absolute atomic E-state index is 11.6. The molecule has 5 nitrogen and oxygen atoms in total. The molecule has 1 atom stereocenters. The van der Waals surface area contributed by atoms with Crippen LogP contribution in [-0.4, -0.2) is 47.6 Å². The van der Waals surface area contributed by atoms with E-state index in [2.05, 4.69) is 5.32 Å². The lowest BCUT2D eigenvalue weighted by molar-refractivity contribution is -0.142. The topological polar surface area (TPSA) is 69.6 Å². The van der Waals surface area contributed by atoms with Gasteiger partial charge in [-0.05, 0) is 38.1 Å². The minimum absolute atomic E-state index is 0.0416. The molecule has 16 heavy (non-hydrogen) atoms. The Morgan fingerprint density at radius 3 is 2.69 bits per heavy atom. The van der Waals surface area contributed by atoms with Gasteiger partial charge in [-0.1, -0.05) is 0 Å². The SMILES string of the molecule is O=C(CN1CCCC1C(=O)O)NCC1CC1. The van der Waals surface area contributed by atoms with Gasteiger partial charge in [0.25, 0.3) is 0 Å². The number of carboxylic acid groups (broad SMARTS) is 1. The van der Waals surface area contributed by atoms with Crippen LogP contribution in [0.25, 0.3) is 0 Å². The van der Waals surface area contributed by atoms with Gasteiger partial charge >= 0.3 is 5.97 Å². The van der Waals surface area contributed by atoms with Crippen LogP contribution in [0.2, 0.25) is 0 Å². The van der Waals surface area contributed by atoms with Gasteiger partial charge in [-0.2, -0.15) is 0 Å². The van der Waals surface area contributed by atoms with Gasteiger partial charge in [0.15, 0.2) is 0 Å². The standard InChI is InChI=1S/C11H18N2O3/c14-10(12-6-8-3-4-8)7-13-5-1-2-9(13)11(15)16/h8-9H,1-7H2,(H,12,14)(H,15,16). The number of aliphatic carboxylic acids is 1. The van der Waals surface area contributed by atoms with Crippen LogP contribution in [0, 0.1) is 5.92 Å². The van der Waals surface area contributed by atoms with Crippen molar-refractivity contribution in [1.82, 2.24) is 10.2 Å². The Bertz CT molecular complexity index is 289. The monoisotopic (exact) mass is 226 g/mol. The molecule has 90 valence electrons. The minimum Gasteiger partial charge on any atom is -0.480 e. The quantitative estimate of drug-likeness (QED) is 0.695. The first-order chi connectivity index (χ1) is 7.66. The van der Waals surface area contributed by atoms with E-state index in [1.807, 2.05) is 0 Å². The normalized spacial score (nSPS) is 25.6. The van der Waals surface area contributed by atoms with Crippen LogP contribution in [0.15, 0.2) is 0 Å². The van der Waals surface area contributed by atoms with Crippen molar-refractivity contribution >= 4 is 11.9 Å². The van der Waals surface area contributed by atoms with Gasteiger partial charge in [-0.25, -0.2) is 0 Å². The molecular weight excluding hydrogens is 208 g/mol. The van der Waals surface area contributed by atoms with Gasteiger partial charge in [-0.3, -0.25) is 14.5 Å². The summed E-state index contributed by atoms with van der Waals surface area (Å²) >= 11 is 0. The number of nitrogens with one attached hydrogen (secondary N) is 1. The van der Waals surface area contributed by atoms with E-state index in [9.17, 15) is 9.59 Å². The summed E-state index contributed by atoms with van der Waals surface area (Å²) in [5.74, 6) is -0.189. The second-order valence-electron chi connectivity index (χ2n) is 4.71. The highest BCUT2D eigenvalue weighted by atomic mass is 16.4. The van der Waals surface area contributed by atoms with Crippen LogP contribution in [0.4, 0.5) is 0 Å². The molecule has 1 saturated heterocycles. The molecule has 5 heteroatoms. The number of amides is 1. The average Bonchev–Trinajstić information content (AvgIpc) is 2.95. The van der Waals surface area contributed by atoms with Gasteiger partial charge in [0.05, 0.1) is 6.54 Å². The smallest absolute Gasteiger partial charge is 0.320 e. The van der Waals surface area contributed by atoms with E-state index in [-0.39, 0.29) is 12.5 Å². The van der Waals surface area contributed by atoms with Crippen LogP contribution < -0.4 is 5.32 Å². The molecular formula is C11H18N2O3. The molecule has 1 amide bonds. The molecule has 0 radical (unpaired) electrons. The number of rotatable bonds is 5. The maximum Gasteiger partial charge on any atom is 0.320 e. The van der Waals surface area contributed by atoms with Crippen LogP contribution in [0.3, 0.4) is 0 Å². The first-order valence-corrected chi connectivity index (χ1v) is 5.90. The first kappa shape index (κ1) is 11.4. The Morgan fingerprint density at radius 2 is 2.06 bits per heavy atom. The Kier molecular flexibility index (Phi) is 3.43. The summed E-state index contributed by atoms with van der Waals surface area (Å²) in [5.41, 5.74) is 0. The first-order valence-electron chi connectivity index (χ1n) is 5.90. The van der Waals surface area contributed by atoms with E-state index < -0.39 is 12.0 Å². The Hall–Kier alpha value is -1.10. The second kappa shape index (κ2) is 4.82. The van der Waals surface area contributed by atoms with Gasteiger partial charge in [-0.15, -0.1) is 0 Å². The van der Waals surface area contributed by atoms with Crippen molar-refractivity contribution < 1.29 is 14.7 Å². The van der Waals surface area contributed by atoms with E-state index in [4.69, 9.17) is 5.11 Å². The number of carbonyl (C=O) groups is 2. The van der Waals surface area contributed by atoms with Gasteiger partial charge < -0.3 is 10.4 Å². The van der Waals surface area contributed by atoms with E-state index in [1.54, 1.807) is 4.90 Å². The van der Waals surface area contributed by atoms with Crippen molar-refractivity contribution in [2.24, 2.45) is 5.92 Å². The lowest BCUT2D eigenvalue weighted by atomic mass is 10.2. The van der Waals surface area contributed by atoms with Gasteiger partial charge in [0, 0.05) is 6.54 Å². The largest absolute Gasteiger partial charge is 0.480 e. The molecule has 2 fully saturated rings. The van der Waals surface area contributed by atoms with Crippen molar-refractivity contribution in [1.29, 1.82) is 0 Å². The predicted molar refractivity (Wildman–Crippen MR) is 58.0 cm³/mol. The summed E-state index contributed by atoms with van der Waals surface area (Å²) in [5, 5.41) is 11.8. The molecule has 2 aliphatic rings. The lowest BCUT2D eigenvalue weighted by Gasteiger charge is -2.20. The zero-order chi connectivity index (χ0) is 11.5. The third kappa shape index (κ3) is 2.95. The minimum atomic E-state index is -0.813. The van der Waals surface area contributed by atoms with Crippen LogP contribution in [-0.2, 0) is 9.59 Å². The Labute approximate surface area is 94.8 Å². The summed E-state index contributed by atoms with van der Waals surface area (Å²) in [4.78, 5) is 24.2. The molecule has 1 saturated carbocycles. The number of carboxylic acids is 1. The second-order valence-corrected chi connectivity index (χ2v) is 4.71. The molecule has 0 aromatic carbocycles. The number of hydrogen-bond donors (Lipinski definition) is 2. The van der Waals surface area contributed by atoms with Crippen LogP contribution in [0.1, 0.15) is 25.7 Å². The lowest BCUT2D eigenvalue weighted by Crippen LogP contribution is -2.43. The van der Waals surface area contributed by atoms with Crippen molar-refractivity contribution in [3.8, 4) is 0 Å². The third-order valence-electron chi connectivity index (χ3n) is 3.28. The molecule has 0 bridgehead atoms. The summed E-state index contributed by atoms with van der Waals surface area (Å²) in [6.07, 6.45) is 3.95. The summed E-state index contributed by atoms with van der Waals surface area (Å²) < 4.78 is 0. The Morgan fingerprint density at radius 1 is 1.31 bits per heavy atom. The molecule has 1 heterocycles. The van der Waals surface area contributed by atoms with Crippen LogP contribution >= 0.6 is 0 Å². The summed E-state index contributed by atoms with van der Waals surface area (Å²) in [6, 6.07) is -0.466. The van der Waals surface area contributed by atoms with Crippen molar-refractivity contribution in [2.75, 3.05) is 19.6 Å². The van der Waals surface area contributed by atoms with Gasteiger partial charge in [0.2, 0.25) is 5.91 Å². The molecule has 0 spiro atoms. The maximum atomic E-state index is 11.6. The fourth-order valence-electron chi connectivity index (χ4n) is 2.12. The van der Waals surface area contributed by atoms with E-state index in [1.165, 1.54) is 12.8 Å². The van der Waals surface area contributed by atoms with E-state index >= 15 is 0 Å². The highest BCUT2D eigenvalue weighted by Gasteiger charge is 2.31. The Balaban J connectivity index is 1.74. The number of nitrogens with zero attached hydrogens (tertiary/aromatic N) is 1. The predicted octanol–water partition coefficient (Wildman–Crippen LogP) is 0.0616. The van der Waals surface area contributed by atoms with Gasteiger partial charge in [0.1, 0.15) is 6.04 Å². The van der Waals surface area contributed by atoms with Crippen LogP contribution in [0.5, 0.6) is 0 Å². The average molecular weight is 226 g/mol. The highest BCUT2D eigenvalue weighted by molar-refractivity contribution is 5.80. The summed E-state index contributed by atoms with van der Waals surface area (Å²) in [6.45, 7) is 1.70. The molecule has 1 aliphatic heterocycles. The zero-order valence-electron chi connectivity index (χ0n) is 9.32. The molecule has 1 aliphatic carbocycles. The van der Waals surface area contributed by atoms with Crippen molar-refractivity contribution in [3.05, 3.63) is 0 Å².